The standard InChI is InChI=1S/C13H16N4O3/c1-4-10-15-12(20-16-10)7-17(3)13(19)9-5-8(2)14-11(18)6-9/h5-6H,4,7H2,1-3H3,(H,14,18). The van der Waals surface area contributed by atoms with Crippen LogP contribution in [0.15, 0.2) is 21.5 Å². The molecule has 7 heteroatoms. The molecule has 0 aliphatic heterocycles. The van der Waals surface area contributed by atoms with E-state index in [9.17, 15) is 9.59 Å². The van der Waals surface area contributed by atoms with Gasteiger partial charge in [0.25, 0.3) is 5.91 Å². The van der Waals surface area contributed by atoms with E-state index in [1.807, 2.05) is 6.92 Å². The van der Waals surface area contributed by atoms with E-state index in [1.54, 1.807) is 20.0 Å². The number of nitrogens with one attached hydrogen (secondary N) is 1. The van der Waals surface area contributed by atoms with Crippen LogP contribution >= 0.6 is 0 Å². The normalized spacial score (nSPS) is 10.6. The molecule has 106 valence electrons. The first-order valence-electron chi connectivity index (χ1n) is 6.27. The lowest BCUT2D eigenvalue weighted by Gasteiger charge is -2.14. The smallest absolute Gasteiger partial charge is 0.254 e. The molecule has 2 rings (SSSR count). The summed E-state index contributed by atoms with van der Waals surface area (Å²) in [6, 6.07) is 2.91. The average Bonchev–Trinajstić information content (AvgIpc) is 2.84. The van der Waals surface area contributed by atoms with Crippen LogP contribution in [0.1, 0.15) is 34.7 Å². The van der Waals surface area contributed by atoms with Crippen molar-refractivity contribution >= 4 is 5.91 Å². The van der Waals surface area contributed by atoms with E-state index in [0.29, 0.717) is 29.4 Å². The Hall–Kier alpha value is -2.44. The van der Waals surface area contributed by atoms with Crippen LogP contribution in [-0.4, -0.2) is 33.0 Å². The molecule has 0 saturated heterocycles. The summed E-state index contributed by atoms with van der Waals surface area (Å²) in [6.07, 6.45) is 0.675. The molecule has 0 aliphatic rings. The third-order valence-electron chi connectivity index (χ3n) is 2.77. The van der Waals surface area contributed by atoms with Gasteiger partial charge >= 0.3 is 0 Å². The molecule has 0 fully saturated rings. The first-order chi connectivity index (χ1) is 9.49. The number of aryl methyl sites for hydroxylation is 2. The average molecular weight is 276 g/mol. The van der Waals surface area contributed by atoms with Crippen LogP contribution in [0.5, 0.6) is 0 Å². The summed E-state index contributed by atoms with van der Waals surface area (Å²) in [4.78, 5) is 31.8. The Balaban J connectivity index is 2.13. The molecule has 1 amide bonds. The van der Waals surface area contributed by atoms with Crippen molar-refractivity contribution in [2.24, 2.45) is 0 Å². The summed E-state index contributed by atoms with van der Waals surface area (Å²) >= 11 is 0. The number of H-pyrrole nitrogens is 1. The topological polar surface area (TPSA) is 92.1 Å². The van der Waals surface area contributed by atoms with Crippen LogP contribution < -0.4 is 5.56 Å². The maximum absolute atomic E-state index is 12.2. The van der Waals surface area contributed by atoms with Crippen molar-refractivity contribution in [3.8, 4) is 0 Å². The molecule has 0 spiro atoms. The highest BCUT2D eigenvalue weighted by molar-refractivity contribution is 5.93. The zero-order valence-corrected chi connectivity index (χ0v) is 11.6. The molecule has 0 radical (unpaired) electrons. The van der Waals surface area contributed by atoms with E-state index in [1.165, 1.54) is 11.0 Å². The second-order valence-electron chi connectivity index (χ2n) is 4.54. The van der Waals surface area contributed by atoms with Crippen LogP contribution in [0.25, 0.3) is 0 Å². The van der Waals surface area contributed by atoms with Crippen molar-refractivity contribution in [1.82, 2.24) is 20.0 Å². The third kappa shape index (κ3) is 3.11. The summed E-state index contributed by atoms with van der Waals surface area (Å²) in [5, 5.41) is 3.77. The van der Waals surface area contributed by atoms with E-state index < -0.39 is 0 Å². The zero-order valence-electron chi connectivity index (χ0n) is 11.6. The van der Waals surface area contributed by atoms with Gasteiger partial charge < -0.3 is 14.4 Å². The molecule has 0 bridgehead atoms. The number of pyridine rings is 1. The predicted molar refractivity (Wildman–Crippen MR) is 71.3 cm³/mol. The van der Waals surface area contributed by atoms with Gasteiger partial charge in [-0.15, -0.1) is 0 Å². The molecule has 0 unspecified atom stereocenters. The molecule has 7 nitrogen and oxygen atoms in total. The number of hydrogen-bond donors (Lipinski definition) is 1. The monoisotopic (exact) mass is 276 g/mol. The number of amides is 1. The summed E-state index contributed by atoms with van der Waals surface area (Å²) < 4.78 is 5.04. The van der Waals surface area contributed by atoms with Crippen molar-refractivity contribution in [3.63, 3.8) is 0 Å². The Kier molecular flexibility index (Phi) is 3.97. The lowest BCUT2D eigenvalue weighted by Crippen LogP contribution is -2.27. The van der Waals surface area contributed by atoms with Crippen molar-refractivity contribution in [3.05, 3.63) is 45.5 Å². The molecule has 2 aromatic heterocycles. The van der Waals surface area contributed by atoms with Gasteiger partial charge in [0.05, 0.1) is 6.54 Å². The molecule has 0 aromatic carbocycles. The number of aromatic nitrogens is 3. The fraction of sp³-hybridized carbons (Fsp3) is 0.385. The van der Waals surface area contributed by atoms with Crippen molar-refractivity contribution in [2.45, 2.75) is 26.8 Å². The van der Waals surface area contributed by atoms with Crippen LogP contribution in [0.4, 0.5) is 0 Å². The van der Waals surface area contributed by atoms with Crippen molar-refractivity contribution in [1.29, 1.82) is 0 Å². The number of carbonyl (C=O) groups is 1. The fourth-order valence-corrected chi connectivity index (χ4v) is 1.80. The lowest BCUT2D eigenvalue weighted by atomic mass is 10.2. The van der Waals surface area contributed by atoms with Gasteiger partial charge in [-0.2, -0.15) is 4.98 Å². The van der Waals surface area contributed by atoms with Gasteiger partial charge in [-0.25, -0.2) is 0 Å². The van der Waals surface area contributed by atoms with E-state index in [0.717, 1.165) is 0 Å². The molecule has 2 aromatic rings. The quantitative estimate of drug-likeness (QED) is 0.895. The number of nitrogens with zero attached hydrogens (tertiary/aromatic N) is 3. The van der Waals surface area contributed by atoms with Crippen LogP contribution in [0.2, 0.25) is 0 Å². The second kappa shape index (κ2) is 5.68. The van der Waals surface area contributed by atoms with Gasteiger partial charge in [0.1, 0.15) is 0 Å². The minimum atomic E-state index is -0.298. The molecule has 1 N–H and O–H groups in total. The Morgan fingerprint density at radius 1 is 1.45 bits per heavy atom. The highest BCUT2D eigenvalue weighted by atomic mass is 16.5. The number of aromatic amines is 1. The van der Waals surface area contributed by atoms with Gasteiger partial charge in [0, 0.05) is 30.8 Å². The highest BCUT2D eigenvalue weighted by Gasteiger charge is 2.16. The maximum Gasteiger partial charge on any atom is 0.254 e. The summed E-state index contributed by atoms with van der Waals surface area (Å²) in [5.41, 5.74) is 0.678. The van der Waals surface area contributed by atoms with E-state index in [-0.39, 0.29) is 18.0 Å². The fourth-order valence-electron chi connectivity index (χ4n) is 1.80. The summed E-state index contributed by atoms with van der Waals surface area (Å²) in [7, 11) is 1.62. The molecular weight excluding hydrogens is 260 g/mol. The zero-order chi connectivity index (χ0) is 14.7. The largest absolute Gasteiger partial charge is 0.337 e. The van der Waals surface area contributed by atoms with Crippen molar-refractivity contribution < 1.29 is 9.32 Å². The number of carbonyl (C=O) groups excluding carboxylic acids is 1. The minimum Gasteiger partial charge on any atom is -0.337 e. The van der Waals surface area contributed by atoms with Gasteiger partial charge in [-0.1, -0.05) is 12.1 Å². The summed E-state index contributed by atoms with van der Waals surface area (Å²) in [5.74, 6) is 0.711. The van der Waals surface area contributed by atoms with Gasteiger partial charge in [-0.3, -0.25) is 9.59 Å². The summed E-state index contributed by atoms with van der Waals surface area (Å²) in [6.45, 7) is 3.85. The Labute approximate surface area is 115 Å². The predicted octanol–water partition coefficient (Wildman–Crippen LogP) is 0.901. The molecular formula is C13H16N4O3. The van der Waals surface area contributed by atoms with Crippen LogP contribution in [0, 0.1) is 6.92 Å². The second-order valence-corrected chi connectivity index (χ2v) is 4.54. The number of rotatable bonds is 4. The molecule has 0 saturated carbocycles. The lowest BCUT2D eigenvalue weighted by molar-refractivity contribution is 0.0769. The van der Waals surface area contributed by atoms with Gasteiger partial charge in [0.2, 0.25) is 11.4 Å². The minimum absolute atomic E-state index is 0.206. The van der Waals surface area contributed by atoms with Crippen molar-refractivity contribution in [2.75, 3.05) is 7.05 Å². The van der Waals surface area contributed by atoms with Crippen LogP contribution in [0.3, 0.4) is 0 Å². The Bertz CT molecular complexity index is 674. The SMILES string of the molecule is CCc1noc(CN(C)C(=O)c2cc(C)[nH]c(=O)c2)n1. The van der Waals surface area contributed by atoms with Crippen LogP contribution in [-0.2, 0) is 13.0 Å². The Morgan fingerprint density at radius 3 is 2.80 bits per heavy atom. The highest BCUT2D eigenvalue weighted by Crippen LogP contribution is 2.07. The first-order valence-corrected chi connectivity index (χ1v) is 6.27. The van der Waals surface area contributed by atoms with E-state index >= 15 is 0 Å². The third-order valence-corrected chi connectivity index (χ3v) is 2.77. The van der Waals surface area contributed by atoms with E-state index in [4.69, 9.17) is 4.52 Å². The van der Waals surface area contributed by atoms with Gasteiger partial charge in [-0.05, 0) is 13.0 Å². The number of hydrogen-bond acceptors (Lipinski definition) is 5. The van der Waals surface area contributed by atoms with Gasteiger partial charge in [0.15, 0.2) is 5.82 Å². The molecule has 0 atom stereocenters. The van der Waals surface area contributed by atoms with E-state index in [2.05, 4.69) is 15.1 Å². The first kappa shape index (κ1) is 14.0. The molecule has 0 aliphatic carbocycles. The molecule has 20 heavy (non-hydrogen) atoms. The Morgan fingerprint density at radius 2 is 2.20 bits per heavy atom. The maximum atomic E-state index is 12.2. The molecule has 2 heterocycles.